The van der Waals surface area contributed by atoms with Crippen LogP contribution in [0.4, 0.5) is 0 Å². The second-order valence-electron chi connectivity index (χ2n) is 6.00. The number of aryl methyl sites for hydroxylation is 1. The van der Waals surface area contributed by atoms with Gasteiger partial charge in [0.1, 0.15) is 0 Å². The molecule has 0 bridgehead atoms. The summed E-state index contributed by atoms with van der Waals surface area (Å²) in [6, 6.07) is 12.8. The zero-order valence-electron chi connectivity index (χ0n) is 13.8. The molecule has 0 aliphatic carbocycles. The third kappa shape index (κ3) is 3.68. The van der Waals surface area contributed by atoms with Gasteiger partial charge in [0, 0.05) is 25.0 Å². The van der Waals surface area contributed by atoms with Crippen LogP contribution in [-0.4, -0.2) is 25.6 Å². The molecule has 3 rings (SSSR count). The van der Waals surface area contributed by atoms with Crippen molar-refractivity contribution in [2.24, 2.45) is 0 Å². The second-order valence-corrected chi connectivity index (χ2v) is 6.00. The summed E-state index contributed by atoms with van der Waals surface area (Å²) in [4.78, 5) is 0. The molecule has 0 amide bonds. The third-order valence-electron chi connectivity index (χ3n) is 4.14. The van der Waals surface area contributed by atoms with E-state index in [0.29, 0.717) is 12.1 Å². The summed E-state index contributed by atoms with van der Waals surface area (Å²) < 4.78 is 3.91. The normalized spacial score (nSPS) is 13.9. The summed E-state index contributed by atoms with van der Waals surface area (Å²) >= 11 is 0. The molecule has 1 aromatic carbocycles. The predicted molar refractivity (Wildman–Crippen MR) is 91.5 cm³/mol. The number of para-hydroxylation sites is 1. The Morgan fingerprint density at radius 2 is 1.91 bits per heavy atom. The van der Waals surface area contributed by atoms with E-state index in [4.69, 9.17) is 0 Å². The molecule has 5 nitrogen and oxygen atoms in total. The van der Waals surface area contributed by atoms with Gasteiger partial charge in [0.2, 0.25) is 0 Å². The highest BCUT2D eigenvalue weighted by molar-refractivity contribution is 5.30. The Morgan fingerprint density at radius 3 is 2.61 bits per heavy atom. The maximum atomic E-state index is 4.62. The monoisotopic (exact) mass is 309 g/mol. The SMILES string of the molecule is Cc1cnn([C@@H](C)[C@@H](C)NCc2ccn(-c3ccccc3)n2)c1. The molecule has 0 unspecified atom stereocenters. The van der Waals surface area contributed by atoms with E-state index in [1.54, 1.807) is 0 Å². The summed E-state index contributed by atoms with van der Waals surface area (Å²) in [6.45, 7) is 7.15. The first kappa shape index (κ1) is 15.5. The summed E-state index contributed by atoms with van der Waals surface area (Å²) in [5.41, 5.74) is 3.29. The molecule has 0 spiro atoms. The first-order valence-electron chi connectivity index (χ1n) is 7.97. The first-order valence-corrected chi connectivity index (χ1v) is 7.97. The largest absolute Gasteiger partial charge is 0.306 e. The van der Waals surface area contributed by atoms with E-state index in [2.05, 4.69) is 60.7 Å². The van der Waals surface area contributed by atoms with E-state index in [0.717, 1.165) is 17.9 Å². The molecule has 2 atom stereocenters. The Balaban J connectivity index is 1.59. The van der Waals surface area contributed by atoms with Crippen molar-refractivity contribution in [2.75, 3.05) is 0 Å². The summed E-state index contributed by atoms with van der Waals surface area (Å²) in [5.74, 6) is 0. The summed E-state index contributed by atoms with van der Waals surface area (Å²) in [6.07, 6.45) is 5.97. The highest BCUT2D eigenvalue weighted by Gasteiger charge is 2.14. The topological polar surface area (TPSA) is 47.7 Å². The van der Waals surface area contributed by atoms with Crippen molar-refractivity contribution in [1.29, 1.82) is 0 Å². The van der Waals surface area contributed by atoms with Crippen LogP contribution in [0.2, 0.25) is 0 Å². The number of nitrogens with one attached hydrogen (secondary N) is 1. The average Bonchev–Trinajstić information content (AvgIpc) is 3.22. The molecule has 0 aliphatic heterocycles. The lowest BCUT2D eigenvalue weighted by Gasteiger charge is -2.21. The van der Waals surface area contributed by atoms with Crippen molar-refractivity contribution < 1.29 is 0 Å². The molecule has 0 radical (unpaired) electrons. The van der Waals surface area contributed by atoms with Crippen molar-refractivity contribution in [3.63, 3.8) is 0 Å². The van der Waals surface area contributed by atoms with Crippen LogP contribution in [0.15, 0.2) is 55.0 Å². The number of rotatable bonds is 6. The van der Waals surface area contributed by atoms with E-state index in [1.165, 1.54) is 5.56 Å². The first-order chi connectivity index (χ1) is 11.1. The van der Waals surface area contributed by atoms with Crippen molar-refractivity contribution in [1.82, 2.24) is 24.9 Å². The van der Waals surface area contributed by atoms with Crippen LogP contribution >= 0.6 is 0 Å². The van der Waals surface area contributed by atoms with Gasteiger partial charge in [0.25, 0.3) is 0 Å². The van der Waals surface area contributed by atoms with Gasteiger partial charge in [0.15, 0.2) is 0 Å². The molecule has 23 heavy (non-hydrogen) atoms. The average molecular weight is 309 g/mol. The van der Waals surface area contributed by atoms with Crippen molar-refractivity contribution in [3.05, 3.63) is 66.2 Å². The zero-order valence-corrected chi connectivity index (χ0v) is 13.8. The zero-order chi connectivity index (χ0) is 16.2. The summed E-state index contributed by atoms with van der Waals surface area (Å²) in [5, 5.41) is 12.5. The maximum Gasteiger partial charge on any atom is 0.0766 e. The van der Waals surface area contributed by atoms with E-state index in [1.807, 2.05) is 40.0 Å². The molecule has 120 valence electrons. The molecule has 2 aromatic heterocycles. The van der Waals surface area contributed by atoms with Crippen LogP contribution in [0.1, 0.15) is 31.1 Å². The highest BCUT2D eigenvalue weighted by atomic mass is 15.3. The van der Waals surface area contributed by atoms with Crippen LogP contribution in [-0.2, 0) is 6.54 Å². The van der Waals surface area contributed by atoms with Crippen molar-refractivity contribution in [2.45, 2.75) is 39.4 Å². The Kier molecular flexibility index (Phi) is 4.57. The van der Waals surface area contributed by atoms with Crippen LogP contribution in [0.5, 0.6) is 0 Å². The fraction of sp³-hybridized carbons (Fsp3) is 0.333. The van der Waals surface area contributed by atoms with Gasteiger partial charge in [-0.05, 0) is 44.5 Å². The molecule has 0 saturated carbocycles. The van der Waals surface area contributed by atoms with Gasteiger partial charge in [0.05, 0.1) is 23.6 Å². The lowest BCUT2D eigenvalue weighted by atomic mass is 10.1. The fourth-order valence-electron chi connectivity index (χ4n) is 2.50. The standard InChI is InChI=1S/C18H23N5/c1-14-11-20-23(13-14)16(3)15(2)19-12-17-9-10-22(21-17)18-7-5-4-6-8-18/h4-11,13,15-16,19H,12H2,1-3H3/t15-,16+/m1/s1. The number of aromatic nitrogens is 4. The van der Waals surface area contributed by atoms with Gasteiger partial charge in [-0.15, -0.1) is 0 Å². The molecule has 0 saturated heterocycles. The van der Waals surface area contributed by atoms with Gasteiger partial charge < -0.3 is 5.32 Å². The molecule has 5 heteroatoms. The van der Waals surface area contributed by atoms with Crippen LogP contribution in [0.3, 0.4) is 0 Å². The minimum atomic E-state index is 0.292. The molecular weight excluding hydrogens is 286 g/mol. The van der Waals surface area contributed by atoms with Crippen LogP contribution < -0.4 is 5.32 Å². The smallest absolute Gasteiger partial charge is 0.0766 e. The Hall–Kier alpha value is -2.40. The molecule has 0 fully saturated rings. The Morgan fingerprint density at radius 1 is 1.13 bits per heavy atom. The van der Waals surface area contributed by atoms with Gasteiger partial charge in [-0.3, -0.25) is 4.68 Å². The lowest BCUT2D eigenvalue weighted by molar-refractivity contribution is 0.363. The molecular formula is C18H23N5. The Bertz CT molecular complexity index is 744. The van der Waals surface area contributed by atoms with E-state index in [9.17, 15) is 0 Å². The fourth-order valence-corrected chi connectivity index (χ4v) is 2.50. The van der Waals surface area contributed by atoms with E-state index in [-0.39, 0.29) is 0 Å². The highest BCUT2D eigenvalue weighted by Crippen LogP contribution is 2.12. The third-order valence-corrected chi connectivity index (χ3v) is 4.14. The maximum absolute atomic E-state index is 4.62. The molecule has 2 heterocycles. The van der Waals surface area contributed by atoms with Crippen molar-refractivity contribution >= 4 is 0 Å². The number of nitrogens with zero attached hydrogens (tertiary/aromatic N) is 4. The van der Waals surface area contributed by atoms with Crippen LogP contribution in [0.25, 0.3) is 5.69 Å². The van der Waals surface area contributed by atoms with E-state index < -0.39 is 0 Å². The molecule has 0 aliphatic rings. The lowest BCUT2D eigenvalue weighted by Crippen LogP contribution is -2.33. The van der Waals surface area contributed by atoms with Crippen LogP contribution in [0, 0.1) is 6.92 Å². The Labute approximate surface area is 136 Å². The van der Waals surface area contributed by atoms with Gasteiger partial charge in [-0.1, -0.05) is 18.2 Å². The van der Waals surface area contributed by atoms with Gasteiger partial charge in [-0.2, -0.15) is 10.2 Å². The van der Waals surface area contributed by atoms with Gasteiger partial charge in [-0.25, -0.2) is 4.68 Å². The number of benzene rings is 1. The van der Waals surface area contributed by atoms with Crippen molar-refractivity contribution in [3.8, 4) is 5.69 Å². The minimum Gasteiger partial charge on any atom is -0.306 e. The minimum absolute atomic E-state index is 0.292. The molecule has 3 aromatic rings. The number of hydrogen-bond donors (Lipinski definition) is 1. The quantitative estimate of drug-likeness (QED) is 0.761. The second kappa shape index (κ2) is 6.79. The van der Waals surface area contributed by atoms with Gasteiger partial charge >= 0.3 is 0 Å². The number of hydrogen-bond acceptors (Lipinski definition) is 3. The summed E-state index contributed by atoms with van der Waals surface area (Å²) in [7, 11) is 0. The predicted octanol–water partition coefficient (Wildman–Crippen LogP) is 3.12. The van der Waals surface area contributed by atoms with E-state index >= 15 is 0 Å². The molecule has 1 N–H and O–H groups in total.